The number of hydrogen-bond donors (Lipinski definition) is 1. The summed E-state index contributed by atoms with van der Waals surface area (Å²) >= 11 is 0. The summed E-state index contributed by atoms with van der Waals surface area (Å²) in [6.45, 7) is 3.91. The Morgan fingerprint density at radius 2 is 1.85 bits per heavy atom. The predicted molar refractivity (Wildman–Crippen MR) is 114 cm³/mol. The molecule has 1 unspecified atom stereocenters. The standard InChI is InChI=1S/C23H28F3N5O2/c24-23(25,26)33-19-8-14(9-28-22(19)27)18-12-31(20(29-18)7-13-1-2-13)21-16-10-30(11-17(16)21)15-3-5-32-6-4-15/h8-9,12-13,15-17,21H,1-7,10-11H2,(H2,27,28)/t16-,17+,21?. The topological polar surface area (TPSA) is 78.4 Å². The van der Waals surface area contributed by atoms with Crippen molar-refractivity contribution in [2.75, 3.05) is 32.0 Å². The van der Waals surface area contributed by atoms with Gasteiger partial charge in [0.05, 0.1) is 5.69 Å². The maximum atomic E-state index is 12.7. The first-order valence-corrected chi connectivity index (χ1v) is 11.8. The number of nitrogens with two attached hydrogens (primary N) is 1. The minimum atomic E-state index is -4.83. The van der Waals surface area contributed by atoms with E-state index in [9.17, 15) is 13.2 Å². The minimum Gasteiger partial charge on any atom is -0.402 e. The van der Waals surface area contributed by atoms with E-state index in [4.69, 9.17) is 15.5 Å². The van der Waals surface area contributed by atoms with Crippen molar-refractivity contribution in [1.29, 1.82) is 0 Å². The molecule has 0 spiro atoms. The van der Waals surface area contributed by atoms with Gasteiger partial charge in [0.2, 0.25) is 0 Å². The van der Waals surface area contributed by atoms with Gasteiger partial charge in [-0.25, -0.2) is 9.97 Å². The summed E-state index contributed by atoms with van der Waals surface area (Å²) in [7, 11) is 0. The molecular formula is C23H28F3N5O2. The fourth-order valence-electron chi connectivity index (χ4n) is 5.65. The molecule has 10 heteroatoms. The molecule has 6 rings (SSSR count). The highest BCUT2D eigenvalue weighted by molar-refractivity contribution is 5.64. The monoisotopic (exact) mass is 463 g/mol. The Morgan fingerprint density at radius 1 is 1.12 bits per heavy atom. The SMILES string of the molecule is Nc1ncc(-c2cn(C3[C@H]4CN(C5CCOCC5)C[C@@H]34)c(CC3CC3)n2)cc1OC(F)(F)F. The number of ether oxygens (including phenoxy) is 2. The maximum absolute atomic E-state index is 12.7. The van der Waals surface area contributed by atoms with Gasteiger partial charge in [-0.2, -0.15) is 0 Å². The van der Waals surface area contributed by atoms with Gasteiger partial charge in [-0.05, 0) is 49.5 Å². The quantitative estimate of drug-likeness (QED) is 0.705. The van der Waals surface area contributed by atoms with Gasteiger partial charge in [0, 0.05) is 62.8 Å². The Morgan fingerprint density at radius 3 is 2.52 bits per heavy atom. The van der Waals surface area contributed by atoms with Crippen LogP contribution in [0.25, 0.3) is 11.3 Å². The van der Waals surface area contributed by atoms with Crippen LogP contribution in [-0.2, 0) is 11.2 Å². The molecule has 178 valence electrons. The molecule has 2 aromatic heterocycles. The van der Waals surface area contributed by atoms with E-state index < -0.39 is 12.1 Å². The Hall–Kier alpha value is -2.33. The molecule has 4 heterocycles. The van der Waals surface area contributed by atoms with E-state index in [0.29, 0.717) is 41.1 Å². The summed E-state index contributed by atoms with van der Waals surface area (Å²) in [5.41, 5.74) is 6.71. The van der Waals surface area contributed by atoms with E-state index >= 15 is 0 Å². The molecule has 2 saturated heterocycles. The van der Waals surface area contributed by atoms with E-state index in [1.54, 1.807) is 0 Å². The highest BCUT2D eigenvalue weighted by atomic mass is 19.4. The van der Waals surface area contributed by atoms with Crippen LogP contribution in [0.5, 0.6) is 5.75 Å². The molecule has 4 fully saturated rings. The van der Waals surface area contributed by atoms with Crippen LogP contribution in [0.4, 0.5) is 19.0 Å². The van der Waals surface area contributed by atoms with Gasteiger partial charge in [0.1, 0.15) is 5.82 Å². The van der Waals surface area contributed by atoms with E-state index in [-0.39, 0.29) is 5.82 Å². The first-order chi connectivity index (χ1) is 15.9. The van der Waals surface area contributed by atoms with Crippen molar-refractivity contribution in [3.63, 3.8) is 0 Å². The lowest BCUT2D eigenvalue weighted by Crippen LogP contribution is -2.39. The molecule has 0 radical (unpaired) electrons. The first-order valence-electron chi connectivity index (χ1n) is 11.8. The number of aromatic nitrogens is 3. The number of pyridine rings is 1. The number of hydrogen-bond acceptors (Lipinski definition) is 6. The normalized spacial score (nSPS) is 28.2. The Bertz CT molecular complexity index is 1020. The van der Waals surface area contributed by atoms with Crippen LogP contribution >= 0.6 is 0 Å². The highest BCUT2D eigenvalue weighted by Crippen LogP contribution is 2.57. The third kappa shape index (κ3) is 4.30. The maximum Gasteiger partial charge on any atom is 0.573 e. The zero-order chi connectivity index (χ0) is 22.7. The fraction of sp³-hybridized carbons (Fsp3) is 0.652. The Labute approximate surface area is 190 Å². The van der Waals surface area contributed by atoms with Crippen molar-refractivity contribution in [3.05, 3.63) is 24.3 Å². The second-order valence-corrected chi connectivity index (χ2v) is 9.87. The number of alkyl halides is 3. The van der Waals surface area contributed by atoms with Crippen molar-refractivity contribution < 1.29 is 22.6 Å². The number of likely N-dealkylation sites (tertiary alicyclic amines) is 1. The summed E-state index contributed by atoms with van der Waals surface area (Å²) in [5, 5.41) is 0. The molecule has 7 nitrogen and oxygen atoms in total. The number of fused-ring (bicyclic) bond motifs is 1. The number of imidazole rings is 1. The smallest absolute Gasteiger partial charge is 0.402 e. The number of nitrogen functional groups attached to an aromatic ring is 1. The molecule has 0 bridgehead atoms. The zero-order valence-corrected chi connectivity index (χ0v) is 18.3. The third-order valence-corrected chi connectivity index (χ3v) is 7.59. The van der Waals surface area contributed by atoms with E-state index in [1.807, 2.05) is 6.20 Å². The fourth-order valence-corrected chi connectivity index (χ4v) is 5.65. The molecule has 0 aromatic carbocycles. The summed E-state index contributed by atoms with van der Waals surface area (Å²) < 4.78 is 50.1. The van der Waals surface area contributed by atoms with Crippen molar-refractivity contribution in [3.8, 4) is 17.0 Å². The predicted octanol–water partition coefficient (Wildman–Crippen LogP) is 3.66. The number of piperidine rings is 1. The highest BCUT2D eigenvalue weighted by Gasteiger charge is 2.58. The molecule has 33 heavy (non-hydrogen) atoms. The Kier molecular flexibility index (Phi) is 5.06. The minimum absolute atomic E-state index is 0.293. The lowest BCUT2D eigenvalue weighted by Gasteiger charge is -2.32. The van der Waals surface area contributed by atoms with E-state index in [1.165, 1.54) is 25.1 Å². The number of rotatable bonds is 6. The molecule has 4 aliphatic rings. The molecule has 2 aliphatic carbocycles. The van der Waals surface area contributed by atoms with Crippen LogP contribution < -0.4 is 10.5 Å². The molecule has 2 aromatic rings. The average molecular weight is 464 g/mol. The molecule has 2 saturated carbocycles. The molecular weight excluding hydrogens is 435 g/mol. The van der Waals surface area contributed by atoms with Crippen LogP contribution in [0.2, 0.25) is 0 Å². The first kappa shape index (κ1) is 21.2. The van der Waals surface area contributed by atoms with Crippen LogP contribution in [0.3, 0.4) is 0 Å². The van der Waals surface area contributed by atoms with Crippen LogP contribution in [0, 0.1) is 17.8 Å². The van der Waals surface area contributed by atoms with Crippen molar-refractivity contribution >= 4 is 5.82 Å². The van der Waals surface area contributed by atoms with Gasteiger partial charge in [-0.3, -0.25) is 4.90 Å². The average Bonchev–Trinajstić information content (AvgIpc) is 3.62. The van der Waals surface area contributed by atoms with Crippen LogP contribution in [0.1, 0.15) is 37.5 Å². The van der Waals surface area contributed by atoms with E-state index in [0.717, 1.165) is 51.4 Å². The van der Waals surface area contributed by atoms with Gasteiger partial charge in [-0.1, -0.05) is 0 Å². The number of nitrogens with zero attached hydrogens (tertiary/aromatic N) is 4. The van der Waals surface area contributed by atoms with Gasteiger partial charge >= 0.3 is 6.36 Å². The molecule has 0 amide bonds. The van der Waals surface area contributed by atoms with E-state index in [2.05, 4.69) is 19.2 Å². The molecule has 2 aliphatic heterocycles. The number of halogens is 3. The van der Waals surface area contributed by atoms with Gasteiger partial charge in [-0.15, -0.1) is 13.2 Å². The second kappa shape index (κ2) is 7.87. The summed E-state index contributed by atoms with van der Waals surface area (Å²) in [6, 6.07) is 2.33. The third-order valence-electron chi connectivity index (χ3n) is 7.59. The summed E-state index contributed by atoms with van der Waals surface area (Å²) in [6.07, 6.45) is 4.18. The lowest BCUT2D eigenvalue weighted by atomic mass is 10.1. The second-order valence-electron chi connectivity index (χ2n) is 9.87. The Balaban J connectivity index is 1.23. The van der Waals surface area contributed by atoms with Gasteiger partial charge < -0.3 is 19.8 Å². The molecule has 3 atom stereocenters. The molecule has 2 N–H and O–H groups in total. The summed E-state index contributed by atoms with van der Waals surface area (Å²) in [4.78, 5) is 11.4. The van der Waals surface area contributed by atoms with Crippen molar-refractivity contribution in [2.24, 2.45) is 17.8 Å². The summed E-state index contributed by atoms with van der Waals surface area (Å²) in [5.74, 6) is 2.12. The van der Waals surface area contributed by atoms with Crippen LogP contribution in [-0.4, -0.2) is 58.1 Å². The largest absolute Gasteiger partial charge is 0.573 e. The lowest BCUT2D eigenvalue weighted by molar-refractivity contribution is -0.274. The number of anilines is 1. The van der Waals surface area contributed by atoms with Crippen molar-refractivity contribution in [1.82, 2.24) is 19.4 Å². The van der Waals surface area contributed by atoms with Gasteiger partial charge in [0.15, 0.2) is 11.6 Å². The zero-order valence-electron chi connectivity index (χ0n) is 18.3. The van der Waals surface area contributed by atoms with Gasteiger partial charge in [0.25, 0.3) is 0 Å². The van der Waals surface area contributed by atoms with Crippen LogP contribution in [0.15, 0.2) is 18.5 Å². The van der Waals surface area contributed by atoms with Crippen molar-refractivity contribution in [2.45, 2.75) is 50.6 Å².